The average molecular weight is 491 g/mol. The van der Waals surface area contributed by atoms with Gasteiger partial charge in [0.1, 0.15) is 23.7 Å². The first-order valence-electron chi connectivity index (χ1n) is 12.1. The van der Waals surface area contributed by atoms with Crippen molar-refractivity contribution in [3.05, 3.63) is 101 Å². The van der Waals surface area contributed by atoms with E-state index in [1.54, 1.807) is 36.4 Å². The number of benzene rings is 3. The lowest BCUT2D eigenvalue weighted by Gasteiger charge is -2.44. The molecule has 0 saturated carbocycles. The third-order valence-corrected chi connectivity index (χ3v) is 6.41. The van der Waals surface area contributed by atoms with E-state index in [0.29, 0.717) is 25.4 Å². The second kappa shape index (κ2) is 11.8. The smallest absolute Gasteiger partial charge is 0.342 e. The minimum absolute atomic E-state index is 0.0103. The van der Waals surface area contributed by atoms with E-state index in [1.165, 1.54) is 12.1 Å². The Bertz CT molecular complexity index is 1170. The summed E-state index contributed by atoms with van der Waals surface area (Å²) in [5.74, 6) is -0.567. The third-order valence-electron chi connectivity index (χ3n) is 6.41. The zero-order valence-electron chi connectivity index (χ0n) is 20.6. The molecule has 2 atom stereocenters. The van der Waals surface area contributed by atoms with E-state index in [4.69, 9.17) is 9.47 Å². The van der Waals surface area contributed by atoms with E-state index in [2.05, 4.69) is 11.8 Å². The summed E-state index contributed by atoms with van der Waals surface area (Å²) in [6.07, 6.45) is 0. The summed E-state index contributed by atoms with van der Waals surface area (Å²) >= 11 is 0. The predicted octanol–water partition coefficient (Wildman–Crippen LogP) is 4.68. The molecule has 0 spiro atoms. The summed E-state index contributed by atoms with van der Waals surface area (Å²) in [6, 6.07) is 22.9. The van der Waals surface area contributed by atoms with Gasteiger partial charge in [-0.2, -0.15) is 0 Å². The van der Waals surface area contributed by atoms with E-state index >= 15 is 0 Å². The van der Waals surface area contributed by atoms with Crippen LogP contribution in [-0.2, 0) is 22.7 Å². The second-order valence-corrected chi connectivity index (χ2v) is 9.15. The lowest BCUT2D eigenvalue weighted by molar-refractivity contribution is -0.139. The van der Waals surface area contributed by atoms with Crippen molar-refractivity contribution in [1.29, 1.82) is 0 Å². The maximum atomic E-state index is 13.2. The highest BCUT2D eigenvalue weighted by Crippen LogP contribution is 2.22. The SMILES string of the molecule is C[C@@H]1CN(Cc2ccc(F)cc2)[C@@H](C)CN1C(=O)COc1ccccc1C(=O)OCc1ccccc1. The number of carbonyl (C=O) groups excluding carboxylic acids is 2. The Hall–Kier alpha value is -3.71. The Balaban J connectivity index is 1.32. The van der Waals surface area contributed by atoms with E-state index < -0.39 is 5.97 Å². The maximum absolute atomic E-state index is 13.2. The normalized spacial score (nSPS) is 18.0. The Kier molecular flexibility index (Phi) is 8.33. The minimum atomic E-state index is -0.502. The molecule has 1 aliphatic heterocycles. The van der Waals surface area contributed by atoms with Gasteiger partial charge in [0.05, 0.1) is 0 Å². The van der Waals surface area contributed by atoms with Crippen LogP contribution in [0.2, 0.25) is 0 Å². The quantitative estimate of drug-likeness (QED) is 0.429. The third kappa shape index (κ3) is 6.49. The van der Waals surface area contributed by atoms with Crippen molar-refractivity contribution in [2.75, 3.05) is 19.7 Å². The highest BCUT2D eigenvalue weighted by atomic mass is 19.1. The van der Waals surface area contributed by atoms with Gasteiger partial charge in [-0.25, -0.2) is 9.18 Å². The van der Waals surface area contributed by atoms with Crippen LogP contribution in [0, 0.1) is 5.82 Å². The van der Waals surface area contributed by atoms with Gasteiger partial charge in [0.25, 0.3) is 5.91 Å². The molecule has 188 valence electrons. The molecule has 0 aromatic heterocycles. The van der Waals surface area contributed by atoms with Gasteiger partial charge in [-0.1, -0.05) is 54.6 Å². The van der Waals surface area contributed by atoms with Crippen LogP contribution < -0.4 is 4.74 Å². The van der Waals surface area contributed by atoms with Crippen molar-refractivity contribution in [2.24, 2.45) is 0 Å². The molecule has 1 saturated heterocycles. The minimum Gasteiger partial charge on any atom is -0.483 e. The fourth-order valence-corrected chi connectivity index (χ4v) is 4.37. The molecular formula is C29H31FN2O4. The Morgan fingerprint density at radius 1 is 0.861 bits per heavy atom. The Labute approximate surface area is 211 Å². The van der Waals surface area contributed by atoms with Crippen LogP contribution in [0.5, 0.6) is 5.75 Å². The summed E-state index contributed by atoms with van der Waals surface area (Å²) < 4.78 is 24.5. The highest BCUT2D eigenvalue weighted by molar-refractivity contribution is 5.92. The second-order valence-electron chi connectivity index (χ2n) is 9.15. The van der Waals surface area contributed by atoms with E-state index in [1.807, 2.05) is 42.2 Å². The van der Waals surface area contributed by atoms with Gasteiger partial charge in [-0.15, -0.1) is 0 Å². The van der Waals surface area contributed by atoms with E-state index in [0.717, 1.165) is 11.1 Å². The molecule has 3 aromatic rings. The van der Waals surface area contributed by atoms with Crippen LogP contribution in [0.25, 0.3) is 0 Å². The summed E-state index contributed by atoms with van der Waals surface area (Å²) in [5, 5.41) is 0. The van der Waals surface area contributed by atoms with Crippen LogP contribution >= 0.6 is 0 Å². The number of esters is 1. The number of nitrogens with zero attached hydrogens (tertiary/aromatic N) is 2. The lowest BCUT2D eigenvalue weighted by Crippen LogP contribution is -2.58. The number of halogens is 1. The first kappa shape index (κ1) is 25.4. The zero-order chi connectivity index (χ0) is 25.5. The van der Waals surface area contributed by atoms with E-state index in [-0.39, 0.29) is 42.6 Å². The molecule has 4 rings (SSSR count). The van der Waals surface area contributed by atoms with E-state index in [9.17, 15) is 14.0 Å². The van der Waals surface area contributed by atoms with Crippen molar-refractivity contribution in [3.8, 4) is 5.75 Å². The number of hydrogen-bond donors (Lipinski definition) is 0. The Morgan fingerprint density at radius 2 is 1.56 bits per heavy atom. The summed E-state index contributed by atoms with van der Waals surface area (Å²) in [5.41, 5.74) is 2.21. The number of para-hydroxylation sites is 1. The van der Waals surface area contributed by atoms with Gasteiger partial charge < -0.3 is 14.4 Å². The van der Waals surface area contributed by atoms with Crippen LogP contribution in [-0.4, -0.2) is 53.5 Å². The Morgan fingerprint density at radius 3 is 2.31 bits per heavy atom. The molecule has 1 amide bonds. The van der Waals surface area contributed by atoms with Gasteiger partial charge in [-0.05, 0) is 49.2 Å². The van der Waals surface area contributed by atoms with Crippen molar-refractivity contribution in [2.45, 2.75) is 39.1 Å². The van der Waals surface area contributed by atoms with Gasteiger partial charge in [-0.3, -0.25) is 9.69 Å². The molecule has 7 heteroatoms. The van der Waals surface area contributed by atoms with Gasteiger partial charge in [0.2, 0.25) is 0 Å². The average Bonchev–Trinajstić information content (AvgIpc) is 2.90. The van der Waals surface area contributed by atoms with Gasteiger partial charge in [0.15, 0.2) is 6.61 Å². The monoisotopic (exact) mass is 490 g/mol. The van der Waals surface area contributed by atoms with Crippen LogP contribution in [0.1, 0.15) is 35.3 Å². The molecule has 0 unspecified atom stereocenters. The van der Waals surface area contributed by atoms with Crippen molar-refractivity contribution in [1.82, 2.24) is 9.80 Å². The van der Waals surface area contributed by atoms with Gasteiger partial charge in [0, 0.05) is 31.7 Å². The first-order chi connectivity index (χ1) is 17.4. The topological polar surface area (TPSA) is 59.1 Å². The number of carbonyl (C=O) groups is 2. The van der Waals surface area contributed by atoms with Crippen molar-refractivity contribution < 1.29 is 23.5 Å². The van der Waals surface area contributed by atoms with Gasteiger partial charge >= 0.3 is 5.97 Å². The van der Waals surface area contributed by atoms with Crippen LogP contribution in [0.3, 0.4) is 0 Å². The van der Waals surface area contributed by atoms with Crippen LogP contribution in [0.15, 0.2) is 78.9 Å². The first-order valence-corrected chi connectivity index (χ1v) is 12.1. The number of rotatable bonds is 8. The number of amides is 1. The molecule has 0 bridgehead atoms. The molecule has 0 aliphatic carbocycles. The molecule has 0 radical (unpaired) electrons. The predicted molar refractivity (Wildman–Crippen MR) is 135 cm³/mol. The number of piperazine rings is 1. The number of ether oxygens (including phenoxy) is 2. The summed E-state index contributed by atoms with van der Waals surface area (Å²) in [7, 11) is 0. The molecule has 3 aromatic carbocycles. The molecule has 0 N–H and O–H groups in total. The molecule has 1 heterocycles. The fourth-order valence-electron chi connectivity index (χ4n) is 4.37. The van der Waals surface area contributed by atoms with Crippen LogP contribution in [0.4, 0.5) is 4.39 Å². The maximum Gasteiger partial charge on any atom is 0.342 e. The number of hydrogen-bond acceptors (Lipinski definition) is 5. The molecule has 36 heavy (non-hydrogen) atoms. The molecule has 1 fully saturated rings. The standard InChI is InChI=1S/C29H31FN2O4/c1-21-17-32(22(2)16-31(21)18-23-12-14-25(30)15-13-23)28(33)20-35-27-11-7-6-10-26(27)29(34)36-19-24-8-4-3-5-9-24/h3-15,21-22H,16-20H2,1-2H3/t21-,22+/m0/s1. The molecule has 1 aliphatic rings. The molecule has 6 nitrogen and oxygen atoms in total. The van der Waals surface area contributed by atoms with Crippen molar-refractivity contribution >= 4 is 11.9 Å². The zero-order valence-corrected chi connectivity index (χ0v) is 20.6. The summed E-state index contributed by atoms with van der Waals surface area (Å²) in [4.78, 5) is 29.8. The summed E-state index contributed by atoms with van der Waals surface area (Å²) in [6.45, 7) is 6.04. The lowest BCUT2D eigenvalue weighted by atomic mass is 10.1. The largest absolute Gasteiger partial charge is 0.483 e. The molecular weight excluding hydrogens is 459 g/mol. The fraction of sp³-hybridized carbons (Fsp3) is 0.310. The highest BCUT2D eigenvalue weighted by Gasteiger charge is 2.32. The van der Waals surface area contributed by atoms with Crippen molar-refractivity contribution in [3.63, 3.8) is 0 Å².